The Labute approximate surface area is 143 Å². The van der Waals surface area contributed by atoms with Gasteiger partial charge in [0.05, 0.1) is 23.9 Å². The van der Waals surface area contributed by atoms with Crippen molar-refractivity contribution in [3.63, 3.8) is 0 Å². The summed E-state index contributed by atoms with van der Waals surface area (Å²) in [4.78, 5) is 14.9. The quantitative estimate of drug-likeness (QED) is 0.810. The standard InChI is InChI=1S/C17H26ClN3O2/c1-11(2)16(21-9-12(3)23-13(4)10-21)17(22)20-19-15-7-5-6-14(18)8-15/h5-8,11-13,16,19H,9-10H2,1-4H3,(H,20,22)/t12-,13-,16+/m1/s1. The number of hydrazine groups is 1. The Hall–Kier alpha value is -1.30. The molecule has 0 radical (unpaired) electrons. The van der Waals surface area contributed by atoms with Crippen LogP contribution >= 0.6 is 11.6 Å². The smallest absolute Gasteiger partial charge is 0.255 e. The van der Waals surface area contributed by atoms with E-state index in [1.165, 1.54) is 0 Å². The lowest BCUT2D eigenvalue weighted by molar-refractivity contribution is -0.134. The highest BCUT2D eigenvalue weighted by molar-refractivity contribution is 6.30. The van der Waals surface area contributed by atoms with Crippen molar-refractivity contribution in [3.05, 3.63) is 29.3 Å². The normalized spacial score (nSPS) is 23.6. The number of benzene rings is 1. The molecular weight excluding hydrogens is 314 g/mol. The summed E-state index contributed by atoms with van der Waals surface area (Å²) >= 11 is 5.95. The molecule has 3 atom stereocenters. The van der Waals surface area contributed by atoms with Crippen molar-refractivity contribution < 1.29 is 9.53 Å². The van der Waals surface area contributed by atoms with Crippen LogP contribution in [0.5, 0.6) is 0 Å². The van der Waals surface area contributed by atoms with Crippen LogP contribution in [0.2, 0.25) is 5.02 Å². The van der Waals surface area contributed by atoms with Crippen LogP contribution in [0.3, 0.4) is 0 Å². The zero-order chi connectivity index (χ0) is 17.0. The second-order valence-electron chi connectivity index (χ2n) is 6.52. The first-order chi connectivity index (χ1) is 10.9. The molecule has 23 heavy (non-hydrogen) atoms. The van der Waals surface area contributed by atoms with Gasteiger partial charge in [-0.25, -0.2) is 0 Å². The number of hydrogen-bond donors (Lipinski definition) is 2. The van der Waals surface area contributed by atoms with Gasteiger partial charge in [0.15, 0.2) is 0 Å². The first-order valence-corrected chi connectivity index (χ1v) is 8.45. The second kappa shape index (κ2) is 7.99. The van der Waals surface area contributed by atoms with Gasteiger partial charge >= 0.3 is 0 Å². The third-order valence-electron chi connectivity index (χ3n) is 3.90. The summed E-state index contributed by atoms with van der Waals surface area (Å²) in [5, 5.41) is 0.625. The fourth-order valence-electron chi connectivity index (χ4n) is 3.11. The van der Waals surface area contributed by atoms with Crippen molar-refractivity contribution in [2.24, 2.45) is 5.92 Å². The van der Waals surface area contributed by atoms with Crippen LogP contribution in [0.1, 0.15) is 27.7 Å². The summed E-state index contributed by atoms with van der Waals surface area (Å²) in [5.74, 6) is 0.162. The summed E-state index contributed by atoms with van der Waals surface area (Å²) in [5.41, 5.74) is 6.51. The lowest BCUT2D eigenvalue weighted by atomic mass is 10.00. The van der Waals surface area contributed by atoms with E-state index in [4.69, 9.17) is 16.3 Å². The molecule has 2 N–H and O–H groups in total. The minimum absolute atomic E-state index is 0.0405. The van der Waals surface area contributed by atoms with E-state index < -0.39 is 0 Å². The molecule has 0 saturated carbocycles. The van der Waals surface area contributed by atoms with Gasteiger partial charge in [-0.2, -0.15) is 0 Å². The van der Waals surface area contributed by atoms with Gasteiger partial charge in [0.2, 0.25) is 0 Å². The maximum Gasteiger partial charge on any atom is 0.255 e. The number of anilines is 1. The third kappa shape index (κ3) is 5.09. The van der Waals surface area contributed by atoms with Crippen LogP contribution in [0, 0.1) is 5.92 Å². The zero-order valence-corrected chi connectivity index (χ0v) is 14.9. The molecular formula is C17H26ClN3O2. The van der Waals surface area contributed by atoms with Crippen molar-refractivity contribution in [1.29, 1.82) is 0 Å². The lowest BCUT2D eigenvalue weighted by Crippen LogP contribution is -2.57. The number of nitrogens with one attached hydrogen (secondary N) is 2. The molecule has 0 unspecified atom stereocenters. The van der Waals surface area contributed by atoms with Gasteiger partial charge < -0.3 is 4.74 Å². The molecule has 1 aromatic carbocycles. The molecule has 6 heteroatoms. The number of nitrogens with zero attached hydrogens (tertiary/aromatic N) is 1. The number of ether oxygens (including phenoxy) is 1. The van der Waals surface area contributed by atoms with E-state index in [0.29, 0.717) is 5.02 Å². The molecule has 1 heterocycles. The lowest BCUT2D eigenvalue weighted by Gasteiger charge is -2.40. The largest absolute Gasteiger partial charge is 0.373 e. The Bertz CT molecular complexity index is 528. The Morgan fingerprint density at radius 3 is 2.52 bits per heavy atom. The zero-order valence-electron chi connectivity index (χ0n) is 14.2. The number of carbonyl (C=O) groups is 1. The average molecular weight is 340 g/mol. The van der Waals surface area contributed by atoms with Gasteiger partial charge in [-0.3, -0.25) is 20.5 Å². The van der Waals surface area contributed by atoms with Gasteiger partial charge in [0.25, 0.3) is 5.91 Å². The highest BCUT2D eigenvalue weighted by Crippen LogP contribution is 2.19. The molecule has 1 aliphatic rings. The second-order valence-corrected chi connectivity index (χ2v) is 6.96. The van der Waals surface area contributed by atoms with Crippen LogP contribution in [0.15, 0.2) is 24.3 Å². The van der Waals surface area contributed by atoms with Gasteiger partial charge in [-0.05, 0) is 38.0 Å². The number of amides is 1. The maximum absolute atomic E-state index is 12.7. The summed E-state index contributed by atoms with van der Waals surface area (Å²) in [6, 6.07) is 7.06. The van der Waals surface area contributed by atoms with E-state index in [2.05, 4.69) is 29.6 Å². The number of halogens is 1. The molecule has 1 fully saturated rings. The van der Waals surface area contributed by atoms with E-state index >= 15 is 0 Å². The summed E-state index contributed by atoms with van der Waals surface area (Å²) < 4.78 is 5.76. The van der Waals surface area contributed by atoms with Crippen LogP contribution in [0.4, 0.5) is 5.69 Å². The van der Waals surface area contributed by atoms with E-state index in [9.17, 15) is 4.79 Å². The fourth-order valence-corrected chi connectivity index (χ4v) is 3.30. The first kappa shape index (κ1) is 18.0. The highest BCUT2D eigenvalue weighted by Gasteiger charge is 2.34. The average Bonchev–Trinajstić information content (AvgIpc) is 2.44. The van der Waals surface area contributed by atoms with Gasteiger partial charge in [0.1, 0.15) is 0 Å². The third-order valence-corrected chi connectivity index (χ3v) is 4.13. The predicted molar refractivity (Wildman–Crippen MR) is 93.4 cm³/mol. The van der Waals surface area contributed by atoms with Gasteiger partial charge in [-0.1, -0.05) is 31.5 Å². The van der Waals surface area contributed by atoms with Crippen molar-refractivity contribution in [1.82, 2.24) is 10.3 Å². The van der Waals surface area contributed by atoms with E-state index in [0.717, 1.165) is 18.8 Å². The highest BCUT2D eigenvalue weighted by atomic mass is 35.5. The SMILES string of the molecule is CC(C)[C@@H](C(=O)NNc1cccc(Cl)c1)N1C[C@@H](C)O[C@H](C)C1. The Kier molecular flexibility index (Phi) is 6.27. The predicted octanol–water partition coefficient (Wildman–Crippen LogP) is 2.92. The molecule has 1 saturated heterocycles. The molecule has 0 aromatic heterocycles. The van der Waals surface area contributed by atoms with Crippen LogP contribution in [0.25, 0.3) is 0 Å². The minimum atomic E-state index is -0.199. The van der Waals surface area contributed by atoms with E-state index in [1.807, 2.05) is 26.0 Å². The molecule has 1 aliphatic heterocycles. The van der Waals surface area contributed by atoms with Gasteiger partial charge in [-0.15, -0.1) is 0 Å². The Morgan fingerprint density at radius 1 is 1.30 bits per heavy atom. The number of carbonyl (C=O) groups excluding carboxylic acids is 1. The molecule has 0 bridgehead atoms. The molecule has 0 spiro atoms. The van der Waals surface area contributed by atoms with Crippen molar-refractivity contribution >= 4 is 23.2 Å². The number of hydrogen-bond acceptors (Lipinski definition) is 4. The van der Waals surface area contributed by atoms with Crippen molar-refractivity contribution in [2.75, 3.05) is 18.5 Å². The fraction of sp³-hybridized carbons (Fsp3) is 0.588. The van der Waals surface area contributed by atoms with E-state index in [-0.39, 0.29) is 30.1 Å². The molecule has 1 amide bonds. The molecule has 0 aliphatic carbocycles. The van der Waals surface area contributed by atoms with Crippen LogP contribution in [-0.2, 0) is 9.53 Å². The topological polar surface area (TPSA) is 53.6 Å². The van der Waals surface area contributed by atoms with Crippen LogP contribution < -0.4 is 10.9 Å². The molecule has 128 valence electrons. The summed E-state index contributed by atoms with van der Waals surface area (Å²) in [7, 11) is 0. The summed E-state index contributed by atoms with van der Waals surface area (Å²) in [6.07, 6.45) is 0.266. The van der Waals surface area contributed by atoms with Gasteiger partial charge in [0, 0.05) is 18.1 Å². The van der Waals surface area contributed by atoms with Crippen molar-refractivity contribution in [3.8, 4) is 0 Å². The van der Waals surface area contributed by atoms with E-state index in [1.54, 1.807) is 12.1 Å². The molecule has 5 nitrogen and oxygen atoms in total. The summed E-state index contributed by atoms with van der Waals surface area (Å²) in [6.45, 7) is 9.74. The molecule has 1 aromatic rings. The Balaban J connectivity index is 2.01. The number of rotatable bonds is 5. The maximum atomic E-state index is 12.7. The van der Waals surface area contributed by atoms with Crippen molar-refractivity contribution in [2.45, 2.75) is 45.9 Å². The first-order valence-electron chi connectivity index (χ1n) is 8.07. The number of morpholine rings is 1. The monoisotopic (exact) mass is 339 g/mol. The molecule has 2 rings (SSSR count). The Morgan fingerprint density at radius 2 is 1.96 bits per heavy atom. The van der Waals surface area contributed by atoms with Crippen LogP contribution in [-0.4, -0.2) is 42.1 Å². The minimum Gasteiger partial charge on any atom is -0.373 e.